The number of hydrogen-bond acceptors (Lipinski definition) is 6. The summed E-state index contributed by atoms with van der Waals surface area (Å²) in [5.41, 5.74) is 0. The van der Waals surface area contributed by atoms with Crippen molar-refractivity contribution in [2.75, 3.05) is 40.9 Å². The van der Waals surface area contributed by atoms with Gasteiger partial charge in [-0.25, -0.2) is 4.57 Å². The maximum absolute atomic E-state index is 13.5. The minimum atomic E-state index is -4.44. The van der Waals surface area contributed by atoms with Crippen molar-refractivity contribution < 1.29 is 37.3 Å². The fourth-order valence-corrected chi connectivity index (χ4v) is 10.1. The molecule has 0 aromatic heterocycles. The number of carbonyl (C=O) groups excluding carboxylic acids is 2. The van der Waals surface area contributed by atoms with Crippen LogP contribution in [-0.2, 0) is 27.9 Å². The number of carbonyl (C=O) groups is 2. The first-order valence-corrected chi connectivity index (χ1v) is 32.5. The van der Waals surface area contributed by atoms with Crippen LogP contribution in [0.15, 0.2) is 12.2 Å². The number of nitrogens with one attached hydrogen (secondary N) is 1. The van der Waals surface area contributed by atoms with E-state index in [1.54, 1.807) is 0 Å². The second-order valence-electron chi connectivity index (χ2n) is 22.6. The zero-order chi connectivity index (χ0) is 52.2. The predicted octanol–water partition coefficient (Wildman–Crippen LogP) is 18.8. The Labute approximate surface area is 441 Å². The summed E-state index contributed by atoms with van der Waals surface area (Å²) in [6, 6.07) is -0.838. The van der Waals surface area contributed by atoms with Gasteiger partial charge < -0.3 is 19.4 Å². The van der Waals surface area contributed by atoms with E-state index in [1.165, 1.54) is 225 Å². The minimum absolute atomic E-state index is 0.0456. The molecule has 0 rings (SSSR count). The maximum atomic E-state index is 13.5. The van der Waals surface area contributed by atoms with Gasteiger partial charge in [0.25, 0.3) is 0 Å². The van der Waals surface area contributed by atoms with Gasteiger partial charge in [0.2, 0.25) is 5.91 Å². The van der Waals surface area contributed by atoms with E-state index in [-0.39, 0.29) is 25.1 Å². The molecule has 0 aliphatic carbocycles. The van der Waals surface area contributed by atoms with Crippen molar-refractivity contribution in [1.29, 1.82) is 0 Å². The average Bonchev–Trinajstić information content (AvgIpc) is 3.33. The van der Waals surface area contributed by atoms with Crippen molar-refractivity contribution in [2.45, 2.75) is 328 Å². The highest BCUT2D eigenvalue weighted by molar-refractivity contribution is 7.47. The summed E-state index contributed by atoms with van der Waals surface area (Å²) in [7, 11) is 1.52. The third kappa shape index (κ3) is 53.4. The number of ether oxygens (including phenoxy) is 1. The molecule has 0 aromatic carbocycles. The molecule has 0 spiro atoms. The molecule has 0 aliphatic rings. The number of allylic oxidation sites excluding steroid dienone is 1. The molecule has 1 amide bonds. The van der Waals surface area contributed by atoms with Crippen LogP contribution in [0.25, 0.3) is 0 Å². The van der Waals surface area contributed by atoms with Crippen LogP contribution in [0.1, 0.15) is 316 Å². The number of unbranched alkanes of at least 4 members (excludes halogenated alkanes) is 41. The number of phosphoric ester groups is 1. The van der Waals surface area contributed by atoms with Crippen molar-refractivity contribution in [1.82, 2.24) is 5.32 Å². The number of quaternary nitrogens is 1. The number of esters is 1. The zero-order valence-corrected chi connectivity index (χ0v) is 49.1. The van der Waals surface area contributed by atoms with Gasteiger partial charge in [0.1, 0.15) is 19.3 Å². The van der Waals surface area contributed by atoms with E-state index in [0.29, 0.717) is 23.9 Å². The first-order valence-electron chi connectivity index (χ1n) is 31.0. The molecular formula is C61H122N2O7P+. The van der Waals surface area contributed by atoms with Crippen LogP contribution in [0.5, 0.6) is 0 Å². The van der Waals surface area contributed by atoms with E-state index >= 15 is 0 Å². The molecule has 0 bridgehead atoms. The minimum Gasteiger partial charge on any atom is -0.456 e. The normalized spacial score (nSPS) is 13.7. The number of amides is 1. The highest BCUT2D eigenvalue weighted by atomic mass is 31.2. The van der Waals surface area contributed by atoms with Gasteiger partial charge in [-0.05, 0) is 31.8 Å². The number of nitrogens with zero attached hydrogens (tertiary/aromatic N) is 1. The van der Waals surface area contributed by atoms with Gasteiger partial charge >= 0.3 is 13.8 Å². The Hall–Kier alpha value is -1.25. The fraction of sp³-hybridized carbons (Fsp3) is 0.934. The molecule has 0 heterocycles. The van der Waals surface area contributed by atoms with Crippen LogP contribution >= 0.6 is 7.82 Å². The summed E-state index contributed by atoms with van der Waals surface area (Å²) in [5.74, 6) is -0.486. The number of rotatable bonds is 57. The fourth-order valence-electron chi connectivity index (χ4n) is 9.41. The van der Waals surface area contributed by atoms with Gasteiger partial charge in [-0.3, -0.25) is 18.6 Å². The molecular weight excluding hydrogens is 904 g/mol. The van der Waals surface area contributed by atoms with Crippen molar-refractivity contribution in [3.63, 3.8) is 0 Å². The predicted molar refractivity (Wildman–Crippen MR) is 305 cm³/mol. The molecule has 10 heteroatoms. The Morgan fingerprint density at radius 2 is 0.803 bits per heavy atom. The molecule has 422 valence electrons. The van der Waals surface area contributed by atoms with Crippen molar-refractivity contribution in [2.24, 2.45) is 0 Å². The van der Waals surface area contributed by atoms with Crippen LogP contribution in [-0.4, -0.2) is 74.3 Å². The van der Waals surface area contributed by atoms with Gasteiger partial charge in [-0.15, -0.1) is 0 Å². The Morgan fingerprint density at radius 1 is 0.479 bits per heavy atom. The third-order valence-electron chi connectivity index (χ3n) is 14.2. The molecule has 3 atom stereocenters. The summed E-state index contributed by atoms with van der Waals surface area (Å²) in [6.45, 7) is 7.06. The number of hydrogen-bond donors (Lipinski definition) is 2. The van der Waals surface area contributed by atoms with Crippen LogP contribution in [0.4, 0.5) is 0 Å². The molecule has 3 unspecified atom stereocenters. The molecule has 0 saturated heterocycles. The quantitative estimate of drug-likeness (QED) is 0.0205. The monoisotopic (exact) mass is 1030 g/mol. The van der Waals surface area contributed by atoms with Gasteiger partial charge in [-0.2, -0.15) is 0 Å². The lowest BCUT2D eigenvalue weighted by molar-refractivity contribution is -0.870. The lowest BCUT2D eigenvalue weighted by Crippen LogP contribution is -2.47. The third-order valence-corrected chi connectivity index (χ3v) is 15.2. The average molecular weight is 1030 g/mol. The molecule has 71 heavy (non-hydrogen) atoms. The van der Waals surface area contributed by atoms with Crippen molar-refractivity contribution in [3.8, 4) is 0 Å². The lowest BCUT2D eigenvalue weighted by atomic mass is 10.0. The van der Waals surface area contributed by atoms with Crippen LogP contribution < -0.4 is 5.32 Å². The Morgan fingerprint density at radius 3 is 1.15 bits per heavy atom. The smallest absolute Gasteiger partial charge is 0.456 e. The first kappa shape index (κ1) is 69.8. The van der Waals surface area contributed by atoms with E-state index in [9.17, 15) is 19.0 Å². The van der Waals surface area contributed by atoms with E-state index < -0.39 is 20.0 Å². The number of phosphoric acid groups is 1. The first-order chi connectivity index (χ1) is 34.4. The highest BCUT2D eigenvalue weighted by Crippen LogP contribution is 2.43. The lowest BCUT2D eigenvalue weighted by Gasteiger charge is -2.27. The Balaban J connectivity index is 5.14. The van der Waals surface area contributed by atoms with E-state index in [4.69, 9.17) is 13.8 Å². The summed E-state index contributed by atoms with van der Waals surface area (Å²) < 4.78 is 30.7. The second kappa shape index (κ2) is 52.2. The molecule has 0 aromatic rings. The SMILES string of the molecule is CCCCCCCCCCCCC/C=C/C(OC(=O)CCCCCCCCCCCCC)C(COP(=O)(O)OCC[N+](C)(C)C)NC(=O)CCCCCCCCCCCCCCCCCCCCCCC. The summed E-state index contributed by atoms with van der Waals surface area (Å²) >= 11 is 0. The zero-order valence-electron chi connectivity index (χ0n) is 48.2. The van der Waals surface area contributed by atoms with Crippen molar-refractivity contribution in [3.05, 3.63) is 12.2 Å². The van der Waals surface area contributed by atoms with E-state index in [2.05, 4.69) is 26.1 Å². The van der Waals surface area contributed by atoms with Gasteiger partial charge in [0.05, 0.1) is 33.8 Å². The van der Waals surface area contributed by atoms with Crippen molar-refractivity contribution >= 4 is 19.7 Å². The Kier molecular flexibility index (Phi) is 51.3. The number of likely N-dealkylation sites (N-methyl/N-ethyl adjacent to an activating group) is 1. The van der Waals surface area contributed by atoms with Gasteiger partial charge in [0.15, 0.2) is 0 Å². The van der Waals surface area contributed by atoms with Crippen LogP contribution in [0.2, 0.25) is 0 Å². The standard InChI is InChI=1S/C61H121N2O7P/c1-7-10-13-16-19-22-25-27-28-29-30-31-32-33-34-36-39-41-44-47-50-53-60(64)62-58(57-69-71(66,67)68-56-55-63(4,5)6)59(52-49-46-43-40-38-35-26-23-20-17-14-11-8-2)70-61(65)54-51-48-45-42-37-24-21-18-15-12-9-3/h49,52,58-59H,7-48,50-51,53-57H2,1-6H3,(H-,62,64,66,67)/p+1/b52-49+. The van der Waals surface area contributed by atoms with Crippen LogP contribution in [0, 0.1) is 0 Å². The summed E-state index contributed by atoms with van der Waals surface area (Å²) in [5, 5.41) is 3.06. The molecule has 0 fully saturated rings. The second-order valence-corrected chi connectivity index (χ2v) is 24.1. The van der Waals surface area contributed by atoms with Gasteiger partial charge in [0, 0.05) is 12.8 Å². The summed E-state index contributed by atoms with van der Waals surface area (Å²) in [4.78, 5) is 37.6. The van der Waals surface area contributed by atoms with Crippen LogP contribution in [0.3, 0.4) is 0 Å². The maximum Gasteiger partial charge on any atom is 0.472 e. The topological polar surface area (TPSA) is 111 Å². The molecule has 0 saturated carbocycles. The summed E-state index contributed by atoms with van der Waals surface area (Å²) in [6.07, 6.45) is 59.2. The highest BCUT2D eigenvalue weighted by Gasteiger charge is 2.30. The van der Waals surface area contributed by atoms with Gasteiger partial charge in [-0.1, -0.05) is 284 Å². The molecule has 9 nitrogen and oxygen atoms in total. The molecule has 0 radical (unpaired) electrons. The molecule has 0 aliphatic heterocycles. The van der Waals surface area contributed by atoms with E-state index in [1.807, 2.05) is 33.3 Å². The van der Waals surface area contributed by atoms with E-state index in [0.717, 1.165) is 57.8 Å². The molecule has 2 N–H and O–H groups in total. The largest absolute Gasteiger partial charge is 0.472 e. The Bertz CT molecular complexity index is 1230.